The molecule has 3 aliphatic rings. The number of carbonyl (C=O) groups excluding carboxylic acids is 1. The molecule has 23 heavy (non-hydrogen) atoms. The van der Waals surface area contributed by atoms with Gasteiger partial charge in [0.1, 0.15) is 17.8 Å². The van der Waals surface area contributed by atoms with Crippen LogP contribution in [-0.2, 0) is 4.79 Å². The van der Waals surface area contributed by atoms with Crippen LogP contribution in [0.5, 0.6) is 5.75 Å². The molecule has 5 nitrogen and oxygen atoms in total. The minimum atomic E-state index is -0.364. The summed E-state index contributed by atoms with van der Waals surface area (Å²) in [6.07, 6.45) is 9.80. The second-order valence-electron chi connectivity index (χ2n) is 5.61. The Hall–Kier alpha value is -2.82. The van der Waals surface area contributed by atoms with E-state index in [1.54, 1.807) is 0 Å². The summed E-state index contributed by atoms with van der Waals surface area (Å²) in [7, 11) is 0. The summed E-state index contributed by atoms with van der Waals surface area (Å²) in [5, 5.41) is 3.31. The number of rotatable bonds is 3. The second kappa shape index (κ2) is 5.43. The zero-order valence-electron chi connectivity index (χ0n) is 12.8. The molecule has 2 heterocycles. The predicted octanol–water partition coefficient (Wildman–Crippen LogP) is 0.387. The van der Waals surface area contributed by atoms with Crippen molar-refractivity contribution in [2.45, 2.75) is 19.0 Å². The molecule has 1 amide bonds. The van der Waals surface area contributed by atoms with E-state index in [4.69, 9.17) is 4.74 Å². The highest BCUT2D eigenvalue weighted by Crippen LogP contribution is 2.30. The van der Waals surface area contributed by atoms with Gasteiger partial charge in [0.05, 0.1) is 6.61 Å². The normalized spacial score (nSPS) is 24.6. The molecule has 0 saturated carbocycles. The van der Waals surface area contributed by atoms with Crippen molar-refractivity contribution in [2.75, 3.05) is 6.61 Å². The number of ether oxygens (including phenoxy) is 1. The van der Waals surface area contributed by atoms with Crippen LogP contribution in [0.3, 0.4) is 0 Å². The average molecular weight is 308 g/mol. The first-order valence-corrected chi connectivity index (χ1v) is 7.78. The summed E-state index contributed by atoms with van der Waals surface area (Å²) in [5.41, 5.74) is 1.95. The molecule has 4 rings (SSSR count). The van der Waals surface area contributed by atoms with Crippen LogP contribution in [0.2, 0.25) is 0 Å². The zero-order valence-corrected chi connectivity index (χ0v) is 12.8. The molecule has 0 bridgehead atoms. The predicted molar refractivity (Wildman–Crippen MR) is 86.5 cm³/mol. The summed E-state index contributed by atoms with van der Waals surface area (Å²) < 4.78 is 5.46. The molecule has 2 aliphatic heterocycles. The van der Waals surface area contributed by atoms with Crippen LogP contribution in [0.4, 0.5) is 0 Å². The molecule has 1 aliphatic carbocycles. The fourth-order valence-electron chi connectivity index (χ4n) is 3.13. The number of benzene rings is 1. The van der Waals surface area contributed by atoms with Crippen LogP contribution >= 0.6 is 0 Å². The van der Waals surface area contributed by atoms with E-state index in [1.807, 2.05) is 66.6 Å². The number of amides is 1. The van der Waals surface area contributed by atoms with Crippen LogP contribution in [0.1, 0.15) is 18.5 Å². The van der Waals surface area contributed by atoms with Crippen molar-refractivity contribution >= 4 is 11.6 Å². The van der Waals surface area contributed by atoms with E-state index in [0.29, 0.717) is 6.61 Å². The van der Waals surface area contributed by atoms with Crippen LogP contribution in [0, 0.1) is 0 Å². The first kappa shape index (κ1) is 13.8. The maximum Gasteiger partial charge on any atom is 0.256 e. The van der Waals surface area contributed by atoms with Gasteiger partial charge in [0, 0.05) is 6.08 Å². The van der Waals surface area contributed by atoms with Crippen LogP contribution < -0.4 is 15.0 Å². The fourth-order valence-corrected chi connectivity index (χ4v) is 3.13. The van der Waals surface area contributed by atoms with Gasteiger partial charge in [0.25, 0.3) is 5.91 Å². The minimum Gasteiger partial charge on any atom is -0.494 e. The number of hydrogen-bond acceptors (Lipinski definition) is 3. The van der Waals surface area contributed by atoms with Gasteiger partial charge >= 0.3 is 0 Å². The van der Waals surface area contributed by atoms with Crippen molar-refractivity contribution in [3.8, 4) is 5.75 Å². The number of fused-ring (bicyclic) bond motifs is 3. The first-order valence-electron chi connectivity index (χ1n) is 7.78. The van der Waals surface area contributed by atoms with Gasteiger partial charge in [-0.25, -0.2) is 4.99 Å². The number of nitrogens with zero attached hydrogens (tertiary/aromatic N) is 1. The Morgan fingerprint density at radius 3 is 2.87 bits per heavy atom. The molecule has 5 heteroatoms. The lowest BCUT2D eigenvalue weighted by atomic mass is 10.0. The van der Waals surface area contributed by atoms with E-state index in [9.17, 15) is 4.79 Å². The minimum absolute atomic E-state index is 0.0596. The molecule has 1 aromatic carbocycles. The molecule has 2 atom stereocenters. The molecule has 2 unspecified atom stereocenters. The molecule has 1 fully saturated rings. The summed E-state index contributed by atoms with van der Waals surface area (Å²) in [6.45, 7) is 2.58. The van der Waals surface area contributed by atoms with Gasteiger partial charge in [-0.05, 0) is 24.6 Å². The van der Waals surface area contributed by atoms with E-state index in [0.717, 1.165) is 22.8 Å². The van der Waals surface area contributed by atoms with Crippen LogP contribution in [0.25, 0.3) is 0 Å². The summed E-state index contributed by atoms with van der Waals surface area (Å²) in [6, 6.07) is 7.25. The largest absolute Gasteiger partial charge is 0.494 e. The standard InChI is InChI=1S/C18H17N3O2/c1-2-23-13-9-7-12(8-10-13)17-18(22)21-15-6-4-3-5-14(15)19-11-16(21)20-17/h3-11,15,17,20H,2H2,1H3/p+1. The molecular weight excluding hydrogens is 290 g/mol. The Labute approximate surface area is 134 Å². The molecule has 116 valence electrons. The lowest BCUT2D eigenvalue weighted by Gasteiger charge is -2.25. The lowest BCUT2D eigenvalue weighted by Crippen LogP contribution is -2.74. The van der Waals surface area contributed by atoms with Gasteiger partial charge in [0.15, 0.2) is 5.82 Å². The van der Waals surface area contributed by atoms with Gasteiger partial charge in [-0.3, -0.25) is 9.69 Å². The first-order chi connectivity index (χ1) is 11.3. The van der Waals surface area contributed by atoms with E-state index in [-0.39, 0.29) is 18.0 Å². The van der Waals surface area contributed by atoms with Gasteiger partial charge in [0.2, 0.25) is 11.9 Å². The topological polar surface area (TPSA) is 55.5 Å². The summed E-state index contributed by atoms with van der Waals surface area (Å²) >= 11 is 0. The van der Waals surface area contributed by atoms with Crippen molar-refractivity contribution in [1.29, 1.82) is 0 Å². The van der Waals surface area contributed by atoms with E-state index in [1.165, 1.54) is 0 Å². The fraction of sp³-hybridized carbons (Fsp3) is 0.222. The highest BCUT2D eigenvalue weighted by atomic mass is 16.5. The van der Waals surface area contributed by atoms with Gasteiger partial charge in [-0.15, -0.1) is 0 Å². The molecule has 0 radical (unpaired) electrons. The maximum absolute atomic E-state index is 12.9. The number of allylic oxidation sites excluding steroid dienone is 2. The molecule has 0 aromatic heterocycles. The highest BCUT2D eigenvalue weighted by Gasteiger charge is 2.45. The Morgan fingerprint density at radius 2 is 2.09 bits per heavy atom. The van der Waals surface area contributed by atoms with Gasteiger partial charge in [-0.2, -0.15) is 0 Å². The lowest BCUT2D eigenvalue weighted by molar-refractivity contribution is -0.380. The third-order valence-electron chi connectivity index (χ3n) is 4.21. The summed E-state index contributed by atoms with van der Waals surface area (Å²) in [5.74, 6) is 1.68. The van der Waals surface area contributed by atoms with Crippen molar-refractivity contribution in [3.63, 3.8) is 0 Å². The number of nitrogens with one attached hydrogen (secondary N) is 2. The molecule has 0 spiro atoms. The Kier molecular flexibility index (Phi) is 3.26. The van der Waals surface area contributed by atoms with Crippen molar-refractivity contribution in [1.82, 2.24) is 10.2 Å². The van der Waals surface area contributed by atoms with E-state index < -0.39 is 0 Å². The van der Waals surface area contributed by atoms with Gasteiger partial charge in [-0.1, -0.05) is 30.4 Å². The average Bonchev–Trinajstić information content (AvgIpc) is 2.93. The second-order valence-corrected chi connectivity index (χ2v) is 5.61. The third-order valence-corrected chi connectivity index (χ3v) is 4.21. The van der Waals surface area contributed by atoms with Crippen molar-refractivity contribution in [3.05, 3.63) is 66.2 Å². The third kappa shape index (κ3) is 2.25. The van der Waals surface area contributed by atoms with E-state index >= 15 is 0 Å². The Morgan fingerprint density at radius 1 is 1.26 bits per heavy atom. The Bertz CT molecular complexity index is 759. The van der Waals surface area contributed by atoms with Crippen LogP contribution in [0.15, 0.2) is 60.6 Å². The maximum atomic E-state index is 12.9. The van der Waals surface area contributed by atoms with Crippen LogP contribution in [-0.4, -0.2) is 29.2 Å². The molecule has 1 aromatic rings. The van der Waals surface area contributed by atoms with Crippen molar-refractivity contribution < 1.29 is 14.5 Å². The smallest absolute Gasteiger partial charge is 0.256 e. The molecule has 2 N–H and O–H groups in total. The monoisotopic (exact) mass is 308 g/mol. The SMILES string of the molecule is CCOc1ccc(C2NC3=C[NH+]=C4C=CC=CC4N3C2=O)cc1. The highest BCUT2D eigenvalue weighted by molar-refractivity contribution is 6.02. The zero-order chi connectivity index (χ0) is 15.8. The van der Waals surface area contributed by atoms with Crippen molar-refractivity contribution in [2.24, 2.45) is 0 Å². The summed E-state index contributed by atoms with van der Waals surface area (Å²) in [4.78, 5) is 18.0. The van der Waals surface area contributed by atoms with Gasteiger partial charge < -0.3 is 10.1 Å². The van der Waals surface area contributed by atoms with E-state index in [2.05, 4.69) is 10.3 Å². The number of carbonyl (C=O) groups is 1. The molecular formula is C18H18N3O2+. The number of hydrogen-bond donors (Lipinski definition) is 2. The quantitative estimate of drug-likeness (QED) is 0.849. The Balaban J connectivity index is 1.61. The molecule has 1 saturated heterocycles.